The minimum absolute atomic E-state index is 0.177. The molecule has 1 aromatic rings. The van der Waals surface area contributed by atoms with Crippen molar-refractivity contribution in [2.75, 3.05) is 26.2 Å². The van der Waals surface area contributed by atoms with Crippen LogP contribution < -0.4 is 0 Å². The molecule has 4 aliphatic rings. The lowest BCUT2D eigenvalue weighted by Crippen LogP contribution is -2.45. The molecule has 2 bridgehead atoms. The molecule has 0 unspecified atom stereocenters. The molecular weight excluding hydrogens is 276 g/mol. The maximum Gasteiger partial charge on any atom is 0.257 e. The molecule has 5 heteroatoms. The number of hydrogen-bond acceptors (Lipinski definition) is 3. The molecule has 5 nitrogen and oxygen atoms in total. The van der Waals surface area contributed by atoms with E-state index in [-0.39, 0.29) is 5.91 Å². The highest BCUT2D eigenvalue weighted by Crippen LogP contribution is 2.35. The van der Waals surface area contributed by atoms with Crippen molar-refractivity contribution in [3.8, 4) is 0 Å². The Bertz CT molecular complexity index is 577. The van der Waals surface area contributed by atoms with Crippen LogP contribution in [-0.4, -0.2) is 57.7 Å². The first-order valence-electron chi connectivity index (χ1n) is 8.63. The van der Waals surface area contributed by atoms with Crippen molar-refractivity contribution in [3.63, 3.8) is 0 Å². The van der Waals surface area contributed by atoms with Crippen LogP contribution in [0.1, 0.15) is 41.7 Å². The second-order valence-electron chi connectivity index (χ2n) is 7.47. The normalized spacial score (nSPS) is 28.9. The van der Waals surface area contributed by atoms with E-state index in [2.05, 4.69) is 14.9 Å². The Morgan fingerprint density at radius 1 is 1.23 bits per heavy atom. The second kappa shape index (κ2) is 5.37. The summed E-state index contributed by atoms with van der Waals surface area (Å²) in [6.45, 7) is 6.25. The Kier molecular flexibility index (Phi) is 3.48. The fourth-order valence-corrected chi connectivity index (χ4v) is 4.08. The van der Waals surface area contributed by atoms with Crippen LogP contribution >= 0.6 is 0 Å². The second-order valence-corrected chi connectivity index (χ2v) is 7.47. The smallest absolute Gasteiger partial charge is 0.257 e. The lowest BCUT2D eigenvalue weighted by Gasteiger charge is -2.36. The molecule has 5 rings (SSSR count). The number of fused-ring (bicyclic) bond motifs is 4. The first kappa shape index (κ1) is 14.2. The molecule has 3 aliphatic heterocycles. The molecule has 0 aromatic carbocycles. The zero-order valence-corrected chi connectivity index (χ0v) is 13.7. The number of aryl methyl sites for hydroxylation is 1. The highest BCUT2D eigenvalue weighted by molar-refractivity contribution is 5.95. The van der Waals surface area contributed by atoms with Crippen LogP contribution in [0.25, 0.3) is 0 Å². The Morgan fingerprint density at radius 2 is 2.05 bits per heavy atom. The predicted octanol–water partition coefficient (Wildman–Crippen LogP) is 1.67. The van der Waals surface area contributed by atoms with Crippen molar-refractivity contribution in [3.05, 3.63) is 17.5 Å². The summed E-state index contributed by atoms with van der Waals surface area (Å²) in [6.07, 6.45) is 7.08. The van der Waals surface area contributed by atoms with Gasteiger partial charge in [-0.25, -0.2) is 0 Å². The van der Waals surface area contributed by atoms with Crippen LogP contribution in [0, 0.1) is 18.8 Å². The van der Waals surface area contributed by atoms with Gasteiger partial charge in [-0.15, -0.1) is 0 Å². The first-order chi connectivity index (χ1) is 10.6. The third-order valence-corrected chi connectivity index (χ3v) is 5.77. The number of rotatable bonds is 3. The molecule has 1 amide bonds. The Labute approximate surface area is 132 Å². The first-order valence-corrected chi connectivity index (χ1v) is 8.63. The van der Waals surface area contributed by atoms with Gasteiger partial charge in [0.1, 0.15) is 0 Å². The molecule has 120 valence electrons. The Morgan fingerprint density at radius 3 is 2.73 bits per heavy atom. The average molecular weight is 302 g/mol. The molecule has 3 saturated heterocycles. The summed E-state index contributed by atoms with van der Waals surface area (Å²) in [4.78, 5) is 17.7. The fourth-order valence-electron chi connectivity index (χ4n) is 4.08. The molecule has 0 radical (unpaired) electrons. The summed E-state index contributed by atoms with van der Waals surface area (Å²) in [5, 5.41) is 4.23. The van der Waals surface area contributed by atoms with E-state index < -0.39 is 0 Å². The van der Waals surface area contributed by atoms with Crippen molar-refractivity contribution in [1.29, 1.82) is 0 Å². The number of carbonyl (C=O) groups excluding carboxylic acids is 1. The van der Waals surface area contributed by atoms with Gasteiger partial charge in [0, 0.05) is 45.0 Å². The molecular formula is C17H26N4O. The fraction of sp³-hybridized carbons (Fsp3) is 0.765. The van der Waals surface area contributed by atoms with Crippen molar-refractivity contribution < 1.29 is 4.79 Å². The van der Waals surface area contributed by atoms with Crippen molar-refractivity contribution in [1.82, 2.24) is 19.6 Å². The lowest BCUT2D eigenvalue weighted by molar-refractivity contribution is 0.0736. The van der Waals surface area contributed by atoms with Crippen LogP contribution in [-0.2, 0) is 7.05 Å². The third kappa shape index (κ3) is 2.56. The van der Waals surface area contributed by atoms with E-state index >= 15 is 0 Å². The summed E-state index contributed by atoms with van der Waals surface area (Å²) in [6, 6.07) is 0.570. The van der Waals surface area contributed by atoms with Gasteiger partial charge in [-0.05, 0) is 44.4 Å². The van der Waals surface area contributed by atoms with Gasteiger partial charge < -0.3 is 4.90 Å². The molecule has 1 saturated carbocycles. The van der Waals surface area contributed by atoms with Crippen molar-refractivity contribution >= 4 is 5.91 Å². The summed E-state index contributed by atoms with van der Waals surface area (Å²) in [5.74, 6) is 1.76. The van der Waals surface area contributed by atoms with Gasteiger partial charge in [-0.2, -0.15) is 5.10 Å². The quantitative estimate of drug-likeness (QED) is 0.853. The van der Waals surface area contributed by atoms with Crippen molar-refractivity contribution in [2.45, 2.75) is 38.6 Å². The Hall–Kier alpha value is -1.36. The van der Waals surface area contributed by atoms with Crippen LogP contribution in [0.15, 0.2) is 6.20 Å². The number of nitrogens with zero attached hydrogens (tertiary/aromatic N) is 4. The number of aromatic nitrogens is 2. The minimum Gasteiger partial charge on any atom is -0.337 e. The topological polar surface area (TPSA) is 41.4 Å². The monoisotopic (exact) mass is 302 g/mol. The van der Waals surface area contributed by atoms with E-state index in [0.717, 1.165) is 30.3 Å². The van der Waals surface area contributed by atoms with E-state index in [9.17, 15) is 4.79 Å². The molecule has 22 heavy (non-hydrogen) atoms. The molecule has 0 spiro atoms. The molecule has 2 atom stereocenters. The van der Waals surface area contributed by atoms with Gasteiger partial charge in [0.2, 0.25) is 0 Å². The summed E-state index contributed by atoms with van der Waals surface area (Å²) >= 11 is 0. The predicted molar refractivity (Wildman–Crippen MR) is 84.7 cm³/mol. The maximum atomic E-state index is 12.9. The minimum atomic E-state index is 0.177. The SMILES string of the molecule is Cc1c(C(=O)N2C[C@H]3CC[C@@H](C2)N(CC2CC2)C3)cnn1C. The van der Waals surface area contributed by atoms with Gasteiger partial charge in [0.05, 0.1) is 11.8 Å². The zero-order valence-electron chi connectivity index (χ0n) is 13.7. The summed E-state index contributed by atoms with van der Waals surface area (Å²) in [7, 11) is 1.90. The van der Waals surface area contributed by atoms with Gasteiger partial charge in [0.25, 0.3) is 5.91 Å². The largest absolute Gasteiger partial charge is 0.337 e. The number of piperidine rings is 1. The molecule has 4 fully saturated rings. The van der Waals surface area contributed by atoms with Gasteiger partial charge >= 0.3 is 0 Å². The van der Waals surface area contributed by atoms with Crippen LogP contribution in [0.2, 0.25) is 0 Å². The van der Waals surface area contributed by atoms with E-state index in [0.29, 0.717) is 12.0 Å². The van der Waals surface area contributed by atoms with Gasteiger partial charge in [-0.1, -0.05) is 0 Å². The number of hydrogen-bond donors (Lipinski definition) is 0. The van der Waals surface area contributed by atoms with Crippen LogP contribution in [0.3, 0.4) is 0 Å². The van der Waals surface area contributed by atoms with E-state index in [1.165, 1.54) is 38.8 Å². The lowest BCUT2D eigenvalue weighted by atomic mass is 9.95. The van der Waals surface area contributed by atoms with Crippen LogP contribution in [0.5, 0.6) is 0 Å². The zero-order chi connectivity index (χ0) is 15.3. The maximum absolute atomic E-state index is 12.9. The molecule has 0 N–H and O–H groups in total. The van der Waals surface area contributed by atoms with Crippen molar-refractivity contribution in [2.24, 2.45) is 18.9 Å². The highest BCUT2D eigenvalue weighted by Gasteiger charge is 2.39. The van der Waals surface area contributed by atoms with E-state index in [1.807, 2.05) is 14.0 Å². The number of carbonyl (C=O) groups is 1. The molecule has 1 aliphatic carbocycles. The summed E-state index contributed by atoms with van der Waals surface area (Å²) in [5.41, 5.74) is 1.74. The molecule has 1 aromatic heterocycles. The summed E-state index contributed by atoms with van der Waals surface area (Å²) < 4.78 is 1.79. The average Bonchev–Trinajstić information content (AvgIpc) is 3.30. The number of amides is 1. The molecule has 4 heterocycles. The van der Waals surface area contributed by atoms with Gasteiger partial charge in [0.15, 0.2) is 0 Å². The Balaban J connectivity index is 1.51. The third-order valence-electron chi connectivity index (χ3n) is 5.77. The van der Waals surface area contributed by atoms with Crippen LogP contribution in [0.4, 0.5) is 0 Å². The van der Waals surface area contributed by atoms with E-state index in [4.69, 9.17) is 0 Å². The highest BCUT2D eigenvalue weighted by atomic mass is 16.2. The van der Waals surface area contributed by atoms with E-state index in [1.54, 1.807) is 10.9 Å². The van der Waals surface area contributed by atoms with Gasteiger partial charge in [-0.3, -0.25) is 14.4 Å². The standard InChI is InChI=1S/C17H26N4O/c1-12-16(7-18-19(12)2)17(22)21-10-14-5-6-15(11-21)20(9-14)8-13-3-4-13/h7,13-15H,3-6,8-11H2,1-2H3/t14-,15-/m0/s1.